The molecule has 1 N–H and O–H groups in total. The van der Waals surface area contributed by atoms with Crippen LogP contribution in [0.1, 0.15) is 29.9 Å². The molecule has 0 unspecified atom stereocenters. The number of carbonyl (C=O) groups is 1. The van der Waals surface area contributed by atoms with Crippen molar-refractivity contribution in [3.05, 3.63) is 29.5 Å². The molecule has 0 bridgehead atoms. The molecule has 1 aromatic carbocycles. The fourth-order valence-corrected chi connectivity index (χ4v) is 2.32. The summed E-state index contributed by atoms with van der Waals surface area (Å²) in [6.45, 7) is 6.46. The second kappa shape index (κ2) is 8.53. The number of aryl methyl sites for hydroxylation is 1. The zero-order valence-corrected chi connectivity index (χ0v) is 15.2. The van der Waals surface area contributed by atoms with E-state index in [2.05, 4.69) is 10.5 Å². The van der Waals surface area contributed by atoms with Gasteiger partial charge in [-0.15, -0.1) is 0 Å². The fourth-order valence-electron chi connectivity index (χ4n) is 2.32. The number of nitrogens with zero attached hydrogens (tertiary/aromatic N) is 1. The maximum atomic E-state index is 12.5. The summed E-state index contributed by atoms with van der Waals surface area (Å²) < 4.78 is 21.4. The molecule has 25 heavy (non-hydrogen) atoms. The average Bonchev–Trinajstić information content (AvgIpc) is 2.99. The van der Waals surface area contributed by atoms with Crippen molar-refractivity contribution in [2.45, 2.75) is 26.9 Å². The van der Waals surface area contributed by atoms with Gasteiger partial charge in [0.05, 0.1) is 32.6 Å². The van der Waals surface area contributed by atoms with Crippen LogP contribution in [0.3, 0.4) is 0 Å². The summed E-state index contributed by atoms with van der Waals surface area (Å²) >= 11 is 0. The van der Waals surface area contributed by atoms with E-state index in [1.807, 2.05) is 13.8 Å². The number of aromatic nitrogens is 1. The van der Waals surface area contributed by atoms with Gasteiger partial charge in [0.2, 0.25) is 0 Å². The van der Waals surface area contributed by atoms with Crippen molar-refractivity contribution in [2.24, 2.45) is 0 Å². The molecule has 0 saturated carbocycles. The summed E-state index contributed by atoms with van der Waals surface area (Å²) in [6.07, 6.45) is 0.119. The topological polar surface area (TPSA) is 82.8 Å². The van der Waals surface area contributed by atoms with E-state index in [0.29, 0.717) is 47.2 Å². The highest BCUT2D eigenvalue weighted by molar-refractivity contribution is 6.00. The van der Waals surface area contributed by atoms with E-state index in [9.17, 15) is 4.79 Å². The summed E-state index contributed by atoms with van der Waals surface area (Å²) in [4.78, 5) is 12.5. The first kappa shape index (κ1) is 18.8. The molecule has 136 valence electrons. The molecule has 7 heteroatoms. The van der Waals surface area contributed by atoms with E-state index in [-0.39, 0.29) is 12.0 Å². The van der Waals surface area contributed by atoms with Crippen molar-refractivity contribution in [2.75, 3.05) is 27.4 Å². The van der Waals surface area contributed by atoms with E-state index in [1.165, 1.54) is 0 Å². The minimum absolute atomic E-state index is 0.119. The molecule has 1 aromatic heterocycles. The molecule has 0 aliphatic rings. The van der Waals surface area contributed by atoms with Gasteiger partial charge in [0.25, 0.3) is 5.91 Å². The first-order valence-corrected chi connectivity index (χ1v) is 8.05. The number of hydrogen-bond acceptors (Lipinski definition) is 6. The Morgan fingerprint density at radius 2 is 1.84 bits per heavy atom. The Bertz CT molecular complexity index is 702. The van der Waals surface area contributed by atoms with Gasteiger partial charge in [-0.1, -0.05) is 5.16 Å². The highest BCUT2D eigenvalue weighted by Gasteiger charge is 2.22. The van der Waals surface area contributed by atoms with Gasteiger partial charge in [-0.3, -0.25) is 4.79 Å². The van der Waals surface area contributed by atoms with E-state index in [0.717, 1.165) is 0 Å². The number of methoxy groups -OCH3 is 2. The normalized spacial score (nSPS) is 10.8. The third-order valence-electron chi connectivity index (χ3n) is 3.54. The molecule has 7 nitrogen and oxygen atoms in total. The lowest BCUT2D eigenvalue weighted by molar-refractivity contribution is 0.0746. The highest BCUT2D eigenvalue weighted by atomic mass is 16.5. The van der Waals surface area contributed by atoms with Crippen molar-refractivity contribution in [1.82, 2.24) is 10.5 Å². The number of hydrogen-bond donors (Lipinski definition) is 1. The highest BCUT2D eigenvalue weighted by Crippen LogP contribution is 2.32. The molecule has 0 atom stereocenters. The SMILES string of the molecule is COc1cc(OC)cc(-c2onc(C)c2C(=O)NCCOC(C)C)c1. The first-order valence-electron chi connectivity index (χ1n) is 8.05. The Hall–Kier alpha value is -2.54. The quantitative estimate of drug-likeness (QED) is 0.739. The van der Waals surface area contributed by atoms with E-state index < -0.39 is 0 Å². The minimum Gasteiger partial charge on any atom is -0.497 e. The zero-order chi connectivity index (χ0) is 18.4. The van der Waals surface area contributed by atoms with E-state index in [4.69, 9.17) is 18.7 Å². The van der Waals surface area contributed by atoms with Crippen LogP contribution in [0.2, 0.25) is 0 Å². The van der Waals surface area contributed by atoms with Crippen LogP contribution in [0.25, 0.3) is 11.3 Å². The third kappa shape index (κ3) is 4.73. The lowest BCUT2D eigenvalue weighted by atomic mass is 10.1. The van der Waals surface area contributed by atoms with Crippen LogP contribution in [0, 0.1) is 6.92 Å². The average molecular weight is 348 g/mol. The number of carbonyl (C=O) groups excluding carboxylic acids is 1. The Morgan fingerprint density at radius 3 is 2.40 bits per heavy atom. The Kier molecular flexibility index (Phi) is 6.41. The van der Waals surface area contributed by atoms with Crippen LogP contribution in [-0.2, 0) is 4.74 Å². The smallest absolute Gasteiger partial charge is 0.257 e. The van der Waals surface area contributed by atoms with Gasteiger partial charge in [-0.05, 0) is 32.9 Å². The number of benzene rings is 1. The molecule has 2 aromatic rings. The second-order valence-electron chi connectivity index (χ2n) is 5.75. The summed E-state index contributed by atoms with van der Waals surface area (Å²) in [7, 11) is 3.12. The molecule has 1 amide bonds. The molecule has 0 spiro atoms. The largest absolute Gasteiger partial charge is 0.497 e. The van der Waals surface area contributed by atoms with Crippen molar-refractivity contribution < 1.29 is 23.5 Å². The van der Waals surface area contributed by atoms with Crippen LogP contribution in [0.15, 0.2) is 22.7 Å². The lowest BCUT2D eigenvalue weighted by Gasteiger charge is -2.10. The van der Waals surface area contributed by atoms with Gasteiger partial charge in [0.1, 0.15) is 17.1 Å². The summed E-state index contributed by atoms with van der Waals surface area (Å²) in [6, 6.07) is 5.28. The second-order valence-corrected chi connectivity index (χ2v) is 5.75. The molecule has 0 aliphatic heterocycles. The summed E-state index contributed by atoms with van der Waals surface area (Å²) in [5, 5.41) is 6.75. The van der Waals surface area contributed by atoms with Crippen LogP contribution < -0.4 is 14.8 Å². The number of rotatable bonds is 8. The summed E-state index contributed by atoms with van der Waals surface area (Å²) in [5.74, 6) is 1.31. The maximum absolute atomic E-state index is 12.5. The Labute approximate surface area is 147 Å². The number of nitrogens with one attached hydrogen (secondary N) is 1. The predicted octanol–water partition coefficient (Wildman–Crippen LogP) is 2.82. The zero-order valence-electron chi connectivity index (χ0n) is 15.2. The van der Waals surface area contributed by atoms with E-state index >= 15 is 0 Å². The van der Waals surface area contributed by atoms with Crippen LogP contribution in [0.4, 0.5) is 0 Å². The van der Waals surface area contributed by atoms with Crippen molar-refractivity contribution >= 4 is 5.91 Å². The van der Waals surface area contributed by atoms with Gasteiger partial charge >= 0.3 is 0 Å². The molecular formula is C18H24N2O5. The van der Waals surface area contributed by atoms with Crippen LogP contribution >= 0.6 is 0 Å². The molecule has 0 fully saturated rings. The standard InChI is InChI=1S/C18H24N2O5/c1-11(2)24-7-6-19-18(21)16-12(3)20-25-17(16)13-8-14(22-4)10-15(9-13)23-5/h8-11H,6-7H2,1-5H3,(H,19,21). The van der Waals surface area contributed by atoms with Crippen molar-refractivity contribution in [3.63, 3.8) is 0 Å². The van der Waals surface area contributed by atoms with Gasteiger partial charge in [0, 0.05) is 18.2 Å². The first-order chi connectivity index (χ1) is 12.0. The van der Waals surface area contributed by atoms with Gasteiger partial charge in [-0.25, -0.2) is 0 Å². The number of ether oxygens (including phenoxy) is 3. The maximum Gasteiger partial charge on any atom is 0.257 e. The number of amides is 1. The van der Waals surface area contributed by atoms with Gasteiger partial charge in [0.15, 0.2) is 5.76 Å². The fraction of sp³-hybridized carbons (Fsp3) is 0.444. The Balaban J connectivity index is 2.25. The molecular weight excluding hydrogens is 324 g/mol. The molecule has 2 rings (SSSR count). The summed E-state index contributed by atoms with van der Waals surface area (Å²) in [5.41, 5.74) is 1.55. The molecule has 0 saturated heterocycles. The molecule has 1 heterocycles. The molecule has 0 aliphatic carbocycles. The van der Waals surface area contributed by atoms with Crippen LogP contribution in [0.5, 0.6) is 11.5 Å². The lowest BCUT2D eigenvalue weighted by Crippen LogP contribution is -2.28. The third-order valence-corrected chi connectivity index (χ3v) is 3.54. The monoisotopic (exact) mass is 348 g/mol. The molecule has 0 radical (unpaired) electrons. The van der Waals surface area contributed by atoms with Crippen molar-refractivity contribution in [1.29, 1.82) is 0 Å². The predicted molar refractivity (Wildman–Crippen MR) is 93.2 cm³/mol. The minimum atomic E-state index is -0.261. The Morgan fingerprint density at radius 1 is 1.20 bits per heavy atom. The van der Waals surface area contributed by atoms with E-state index in [1.54, 1.807) is 39.3 Å². The van der Waals surface area contributed by atoms with Crippen LogP contribution in [-0.4, -0.2) is 44.5 Å². The van der Waals surface area contributed by atoms with Crippen molar-refractivity contribution in [3.8, 4) is 22.8 Å². The van der Waals surface area contributed by atoms with Gasteiger partial charge in [-0.2, -0.15) is 0 Å². The van der Waals surface area contributed by atoms with Gasteiger partial charge < -0.3 is 24.1 Å².